The second-order valence-electron chi connectivity index (χ2n) is 6.59. The van der Waals surface area contributed by atoms with Crippen LogP contribution in [0.4, 0.5) is 11.4 Å². The first-order valence-electron chi connectivity index (χ1n) is 8.26. The lowest BCUT2D eigenvalue weighted by Gasteiger charge is -2.27. The van der Waals surface area contributed by atoms with E-state index in [-0.39, 0.29) is 18.1 Å². The molecule has 2 amide bonds. The van der Waals surface area contributed by atoms with E-state index in [0.717, 1.165) is 12.8 Å². The molecule has 1 unspecified atom stereocenters. The van der Waals surface area contributed by atoms with Crippen molar-refractivity contribution in [2.75, 3.05) is 10.0 Å². The van der Waals surface area contributed by atoms with Gasteiger partial charge in [0.2, 0.25) is 5.60 Å². The van der Waals surface area contributed by atoms with Gasteiger partial charge in [0.1, 0.15) is 5.75 Å². The van der Waals surface area contributed by atoms with Crippen LogP contribution in [-0.2, 0) is 9.59 Å². The molecule has 2 N–H and O–H groups in total. The van der Waals surface area contributed by atoms with Crippen molar-refractivity contribution >= 4 is 23.2 Å². The number of benzene rings is 2. The van der Waals surface area contributed by atoms with Crippen LogP contribution in [0.15, 0.2) is 54.6 Å². The average molecular weight is 338 g/mol. The molecule has 6 nitrogen and oxygen atoms in total. The fraction of sp³-hybridized carbons (Fsp3) is 0.263. The molecule has 0 aromatic heterocycles. The van der Waals surface area contributed by atoms with Crippen molar-refractivity contribution in [1.29, 1.82) is 0 Å². The maximum Gasteiger partial charge on any atom is 0.288 e. The lowest BCUT2D eigenvalue weighted by molar-refractivity contribution is -0.145. The van der Waals surface area contributed by atoms with Crippen molar-refractivity contribution in [2.45, 2.75) is 24.9 Å². The van der Waals surface area contributed by atoms with Gasteiger partial charge in [0.15, 0.2) is 0 Å². The summed E-state index contributed by atoms with van der Waals surface area (Å²) < 4.78 is 0. The predicted octanol–water partition coefficient (Wildman–Crippen LogP) is 2.22. The average Bonchev–Trinajstić information content (AvgIpc) is 3.41. The summed E-state index contributed by atoms with van der Waals surface area (Å²) in [7, 11) is 0. The number of para-hydroxylation sites is 1. The number of carbonyl (C=O) groups is 2. The van der Waals surface area contributed by atoms with Crippen LogP contribution in [0.5, 0.6) is 5.75 Å². The van der Waals surface area contributed by atoms with Gasteiger partial charge < -0.3 is 10.2 Å². The van der Waals surface area contributed by atoms with E-state index in [9.17, 15) is 19.8 Å². The second kappa shape index (κ2) is 5.60. The fourth-order valence-corrected chi connectivity index (χ4v) is 3.17. The van der Waals surface area contributed by atoms with Crippen LogP contribution in [0.3, 0.4) is 0 Å². The van der Waals surface area contributed by atoms with Gasteiger partial charge in [-0.25, -0.2) is 10.0 Å². The van der Waals surface area contributed by atoms with Gasteiger partial charge >= 0.3 is 0 Å². The summed E-state index contributed by atoms with van der Waals surface area (Å²) in [5.41, 5.74) is -1.14. The van der Waals surface area contributed by atoms with Gasteiger partial charge in [0, 0.05) is 0 Å². The van der Waals surface area contributed by atoms with Gasteiger partial charge in [-0.1, -0.05) is 31.0 Å². The monoisotopic (exact) mass is 338 g/mol. The van der Waals surface area contributed by atoms with Crippen LogP contribution < -0.4 is 10.0 Å². The highest BCUT2D eigenvalue weighted by atomic mass is 16.3. The molecule has 1 aliphatic carbocycles. The summed E-state index contributed by atoms with van der Waals surface area (Å²) in [6, 6.07) is 14.7. The lowest BCUT2D eigenvalue weighted by Crippen LogP contribution is -2.44. The van der Waals surface area contributed by atoms with Crippen LogP contribution in [0.25, 0.3) is 0 Å². The van der Waals surface area contributed by atoms with Crippen molar-refractivity contribution in [3.05, 3.63) is 54.6 Å². The number of hydrazine groups is 1. The molecule has 0 bridgehead atoms. The molecule has 2 aromatic rings. The summed E-state index contributed by atoms with van der Waals surface area (Å²) in [6.45, 7) is 0. The highest BCUT2D eigenvalue weighted by molar-refractivity contribution is 6.28. The van der Waals surface area contributed by atoms with Crippen molar-refractivity contribution in [3.8, 4) is 5.75 Å². The Morgan fingerprint density at radius 3 is 1.92 bits per heavy atom. The van der Waals surface area contributed by atoms with Crippen molar-refractivity contribution < 1.29 is 19.8 Å². The fourth-order valence-electron chi connectivity index (χ4n) is 3.17. The summed E-state index contributed by atoms with van der Waals surface area (Å²) in [5, 5.41) is 22.8. The van der Waals surface area contributed by atoms with Crippen LogP contribution in [0.2, 0.25) is 0 Å². The van der Waals surface area contributed by atoms with Crippen molar-refractivity contribution in [2.24, 2.45) is 5.92 Å². The van der Waals surface area contributed by atoms with E-state index in [1.54, 1.807) is 36.4 Å². The third-order valence-corrected chi connectivity index (χ3v) is 4.67. The number of nitrogens with zero attached hydrogens (tertiary/aromatic N) is 2. The lowest BCUT2D eigenvalue weighted by atomic mass is 9.95. The number of hydrogen-bond acceptors (Lipinski definition) is 4. The molecule has 4 rings (SSSR count). The number of hydrogen-bond donors (Lipinski definition) is 2. The van der Waals surface area contributed by atoms with Gasteiger partial charge in [-0.05, 0) is 48.7 Å². The first kappa shape index (κ1) is 15.7. The Morgan fingerprint density at radius 1 is 0.880 bits per heavy atom. The zero-order chi connectivity index (χ0) is 17.6. The summed E-state index contributed by atoms with van der Waals surface area (Å²) in [4.78, 5) is 26.0. The highest BCUT2D eigenvalue weighted by Gasteiger charge is 2.60. The van der Waals surface area contributed by atoms with E-state index >= 15 is 0 Å². The van der Waals surface area contributed by atoms with Crippen LogP contribution in [0.1, 0.15) is 19.3 Å². The molecule has 0 spiro atoms. The van der Waals surface area contributed by atoms with Crippen molar-refractivity contribution in [3.63, 3.8) is 0 Å². The van der Waals surface area contributed by atoms with E-state index in [2.05, 4.69) is 0 Å². The molecule has 25 heavy (non-hydrogen) atoms. The molecule has 1 atom stereocenters. The molecule has 128 valence electrons. The molecular weight excluding hydrogens is 320 g/mol. The second-order valence-corrected chi connectivity index (χ2v) is 6.59. The number of anilines is 2. The molecule has 2 aliphatic rings. The molecule has 0 radical (unpaired) electrons. The minimum atomic E-state index is -2.05. The van der Waals surface area contributed by atoms with Crippen molar-refractivity contribution in [1.82, 2.24) is 0 Å². The SMILES string of the molecule is O=C1N(c2ccccc2)N(c2ccc(O)cc2)C(=O)C1(O)CC1CC1. The Labute approximate surface area is 144 Å². The Morgan fingerprint density at radius 2 is 1.40 bits per heavy atom. The number of phenols is 1. The number of phenolic OH excluding ortho intramolecular Hbond substituents is 1. The molecule has 1 saturated carbocycles. The Hall–Kier alpha value is -2.86. The van der Waals surface area contributed by atoms with E-state index in [4.69, 9.17) is 0 Å². The van der Waals surface area contributed by atoms with Crippen LogP contribution in [0, 0.1) is 5.92 Å². The largest absolute Gasteiger partial charge is 0.508 e. The summed E-state index contributed by atoms with van der Waals surface area (Å²) in [5.74, 6) is -1.03. The van der Waals surface area contributed by atoms with E-state index in [0.29, 0.717) is 11.4 Å². The van der Waals surface area contributed by atoms with E-state index in [1.165, 1.54) is 22.2 Å². The number of aliphatic hydroxyl groups is 1. The normalized spacial score (nSPS) is 23.4. The molecule has 1 aliphatic heterocycles. The standard InChI is InChI=1S/C19H18N2O4/c22-16-10-8-15(9-11-16)21-18(24)19(25,12-13-6-7-13)17(23)20(21)14-4-2-1-3-5-14/h1-5,8-11,13,22,25H,6-7,12H2. The van der Waals surface area contributed by atoms with Crippen LogP contribution >= 0.6 is 0 Å². The molecule has 1 saturated heterocycles. The molecule has 2 fully saturated rings. The number of carbonyl (C=O) groups excluding carboxylic acids is 2. The smallest absolute Gasteiger partial charge is 0.288 e. The van der Waals surface area contributed by atoms with Gasteiger partial charge in [0.25, 0.3) is 11.8 Å². The maximum absolute atomic E-state index is 13.0. The zero-order valence-corrected chi connectivity index (χ0v) is 13.5. The highest BCUT2D eigenvalue weighted by Crippen LogP contribution is 2.42. The predicted molar refractivity (Wildman–Crippen MR) is 91.8 cm³/mol. The van der Waals surface area contributed by atoms with Gasteiger partial charge in [0.05, 0.1) is 11.4 Å². The van der Waals surface area contributed by atoms with Gasteiger partial charge in [-0.15, -0.1) is 0 Å². The molecule has 2 aromatic carbocycles. The van der Waals surface area contributed by atoms with Gasteiger partial charge in [-0.2, -0.15) is 0 Å². The minimum absolute atomic E-state index is 0.0567. The number of rotatable bonds is 4. The molecule has 1 heterocycles. The Kier molecular flexibility index (Phi) is 3.51. The van der Waals surface area contributed by atoms with E-state index < -0.39 is 17.4 Å². The Balaban J connectivity index is 1.81. The number of amides is 2. The molecule has 6 heteroatoms. The third-order valence-electron chi connectivity index (χ3n) is 4.67. The quantitative estimate of drug-likeness (QED) is 0.838. The first-order chi connectivity index (χ1) is 12.0. The minimum Gasteiger partial charge on any atom is -0.508 e. The Bertz CT molecular complexity index is 817. The summed E-state index contributed by atoms with van der Waals surface area (Å²) >= 11 is 0. The van der Waals surface area contributed by atoms with Gasteiger partial charge in [-0.3, -0.25) is 9.59 Å². The zero-order valence-electron chi connectivity index (χ0n) is 13.5. The van der Waals surface area contributed by atoms with E-state index in [1.807, 2.05) is 6.07 Å². The summed E-state index contributed by atoms with van der Waals surface area (Å²) in [6.07, 6.45) is 1.99. The first-order valence-corrected chi connectivity index (χ1v) is 8.26. The number of aromatic hydroxyl groups is 1. The topological polar surface area (TPSA) is 81.1 Å². The third kappa shape index (κ3) is 2.55. The maximum atomic E-state index is 13.0. The van der Waals surface area contributed by atoms with Crippen LogP contribution in [-0.4, -0.2) is 27.6 Å². The molecular formula is C19H18N2O4.